The van der Waals surface area contributed by atoms with Crippen molar-refractivity contribution in [3.8, 4) is 0 Å². The van der Waals surface area contributed by atoms with Gasteiger partial charge in [-0.15, -0.1) is 0 Å². The molecule has 0 aromatic rings. The predicted octanol–water partition coefficient (Wildman–Crippen LogP) is 14.4. The van der Waals surface area contributed by atoms with E-state index in [1.165, 1.54) is 199 Å². The monoisotopic (exact) mass is 521 g/mol. The van der Waals surface area contributed by atoms with E-state index in [0.717, 1.165) is 11.8 Å². The molecule has 0 saturated carbocycles. The Labute approximate surface area is 238 Å². The average Bonchev–Trinajstić information content (AvgIpc) is 2.90. The first-order valence-electron chi connectivity index (χ1n) is 18.2. The number of unbranched alkanes of at least 4 members (excludes halogenated alkanes) is 25. The van der Waals surface area contributed by atoms with Gasteiger partial charge in [0.1, 0.15) is 0 Å². The van der Waals surface area contributed by atoms with E-state index in [1.807, 2.05) is 0 Å². The molecule has 0 nitrogen and oxygen atoms in total. The number of hydrogen-bond acceptors (Lipinski definition) is 0. The smallest absolute Gasteiger partial charge is 0.0443 e. The quantitative estimate of drug-likeness (QED) is 0.0773. The molecule has 0 rings (SSSR count). The van der Waals surface area contributed by atoms with Gasteiger partial charge in [0, 0.05) is 0 Å². The van der Waals surface area contributed by atoms with E-state index in [4.69, 9.17) is 0 Å². The zero-order valence-corrected chi connectivity index (χ0v) is 27.1. The van der Waals surface area contributed by atoms with Crippen LogP contribution in [0.4, 0.5) is 0 Å². The van der Waals surface area contributed by atoms with Gasteiger partial charge in [0.25, 0.3) is 0 Å². The number of hydrogen-bond donors (Lipinski definition) is 0. The summed E-state index contributed by atoms with van der Waals surface area (Å²) in [4.78, 5) is 0. The van der Waals surface area contributed by atoms with Crippen LogP contribution in [0.1, 0.15) is 227 Å². The standard InChI is InChI=1S/C37H76/c1-5-7-8-9-10-11-12-13-14-15-16-17-18-19-20-21-22-23-24-25-26-27-28-29-30-31-33-37(4)35-32-34-36(3)6-2/h36-37H,5-35H2,1-4H3. The van der Waals surface area contributed by atoms with Crippen LogP contribution in [0.2, 0.25) is 0 Å². The Morgan fingerprint density at radius 2 is 0.514 bits per heavy atom. The van der Waals surface area contributed by atoms with Crippen molar-refractivity contribution < 1.29 is 0 Å². The highest BCUT2D eigenvalue weighted by Crippen LogP contribution is 2.20. The summed E-state index contributed by atoms with van der Waals surface area (Å²) in [6, 6.07) is 0. The minimum absolute atomic E-state index is 0.936. The van der Waals surface area contributed by atoms with E-state index in [9.17, 15) is 0 Å². The molecule has 0 aliphatic carbocycles. The normalized spacial score (nSPS) is 13.3. The molecule has 0 N–H and O–H groups in total. The first-order valence-corrected chi connectivity index (χ1v) is 18.2. The fourth-order valence-electron chi connectivity index (χ4n) is 5.97. The van der Waals surface area contributed by atoms with Crippen molar-refractivity contribution in [2.45, 2.75) is 227 Å². The van der Waals surface area contributed by atoms with Gasteiger partial charge in [-0.25, -0.2) is 0 Å². The second-order valence-corrected chi connectivity index (χ2v) is 13.2. The SMILES string of the molecule is CCCCCCCCCCCCCCCCCCCCCCCCCCCCC(C)CCCC(C)CC. The predicted molar refractivity (Wildman–Crippen MR) is 173 cm³/mol. The van der Waals surface area contributed by atoms with Crippen molar-refractivity contribution in [3.05, 3.63) is 0 Å². The van der Waals surface area contributed by atoms with Crippen LogP contribution in [0.3, 0.4) is 0 Å². The van der Waals surface area contributed by atoms with Crippen LogP contribution in [0.15, 0.2) is 0 Å². The summed E-state index contributed by atoms with van der Waals surface area (Å²) in [6.45, 7) is 9.53. The molecule has 0 heteroatoms. The largest absolute Gasteiger partial charge is 0.0654 e. The Kier molecular flexibility index (Phi) is 32.2. The Balaban J connectivity index is 3.09. The third-order valence-electron chi connectivity index (χ3n) is 9.14. The molecule has 0 heterocycles. The molecule has 0 aliphatic rings. The maximum atomic E-state index is 2.48. The molecule has 0 bridgehead atoms. The molecule has 0 amide bonds. The molecule has 0 spiro atoms. The molecule has 0 radical (unpaired) electrons. The van der Waals surface area contributed by atoms with Crippen LogP contribution in [0.5, 0.6) is 0 Å². The average molecular weight is 521 g/mol. The summed E-state index contributed by atoms with van der Waals surface area (Å²) in [5.74, 6) is 1.89. The zero-order valence-electron chi connectivity index (χ0n) is 27.1. The van der Waals surface area contributed by atoms with Crippen LogP contribution in [0.25, 0.3) is 0 Å². The van der Waals surface area contributed by atoms with Crippen molar-refractivity contribution in [3.63, 3.8) is 0 Å². The van der Waals surface area contributed by atoms with Gasteiger partial charge in [-0.3, -0.25) is 0 Å². The van der Waals surface area contributed by atoms with Gasteiger partial charge in [-0.2, -0.15) is 0 Å². The van der Waals surface area contributed by atoms with E-state index in [-0.39, 0.29) is 0 Å². The topological polar surface area (TPSA) is 0 Å². The molecule has 0 fully saturated rings. The Morgan fingerprint density at radius 1 is 0.270 bits per heavy atom. The van der Waals surface area contributed by atoms with Crippen molar-refractivity contribution in [1.82, 2.24) is 0 Å². The molecule has 0 aromatic carbocycles. The summed E-state index contributed by atoms with van der Waals surface area (Å²) in [7, 11) is 0. The van der Waals surface area contributed by atoms with Gasteiger partial charge >= 0.3 is 0 Å². The van der Waals surface area contributed by atoms with Crippen LogP contribution in [-0.2, 0) is 0 Å². The van der Waals surface area contributed by atoms with E-state index < -0.39 is 0 Å². The van der Waals surface area contributed by atoms with Gasteiger partial charge < -0.3 is 0 Å². The van der Waals surface area contributed by atoms with Crippen molar-refractivity contribution in [2.75, 3.05) is 0 Å². The highest BCUT2D eigenvalue weighted by Gasteiger charge is 2.04. The summed E-state index contributed by atoms with van der Waals surface area (Å²) >= 11 is 0. The lowest BCUT2D eigenvalue weighted by atomic mass is 9.93. The Bertz CT molecular complexity index is 385. The van der Waals surface area contributed by atoms with E-state index >= 15 is 0 Å². The molecule has 2 unspecified atom stereocenters. The van der Waals surface area contributed by atoms with Gasteiger partial charge in [-0.05, 0) is 11.8 Å². The van der Waals surface area contributed by atoms with E-state index in [2.05, 4.69) is 27.7 Å². The molecular weight excluding hydrogens is 444 g/mol. The summed E-state index contributed by atoms with van der Waals surface area (Å²) in [5, 5.41) is 0. The minimum atomic E-state index is 0.936. The molecule has 224 valence electrons. The lowest BCUT2D eigenvalue weighted by molar-refractivity contribution is 0.405. The van der Waals surface area contributed by atoms with Crippen LogP contribution < -0.4 is 0 Å². The number of rotatable bonds is 32. The second-order valence-electron chi connectivity index (χ2n) is 13.2. The molecule has 0 aromatic heterocycles. The lowest BCUT2D eigenvalue weighted by Gasteiger charge is -2.13. The first kappa shape index (κ1) is 37.0. The zero-order chi connectivity index (χ0) is 27.1. The van der Waals surface area contributed by atoms with Gasteiger partial charge in [-0.1, -0.05) is 227 Å². The highest BCUT2D eigenvalue weighted by atomic mass is 14.1. The molecular formula is C37H76. The lowest BCUT2D eigenvalue weighted by Crippen LogP contribution is -1.98. The van der Waals surface area contributed by atoms with Gasteiger partial charge in [0.15, 0.2) is 0 Å². The van der Waals surface area contributed by atoms with Crippen molar-refractivity contribution in [2.24, 2.45) is 11.8 Å². The third-order valence-corrected chi connectivity index (χ3v) is 9.14. The summed E-state index contributed by atoms with van der Waals surface area (Å²) < 4.78 is 0. The van der Waals surface area contributed by atoms with Gasteiger partial charge in [0.05, 0.1) is 0 Å². The molecule has 37 heavy (non-hydrogen) atoms. The van der Waals surface area contributed by atoms with Gasteiger partial charge in [0.2, 0.25) is 0 Å². The molecule has 0 saturated heterocycles. The molecule has 0 aliphatic heterocycles. The fourth-order valence-corrected chi connectivity index (χ4v) is 5.97. The first-order chi connectivity index (χ1) is 18.2. The summed E-state index contributed by atoms with van der Waals surface area (Å²) in [6.07, 6.45) is 45.7. The Hall–Kier alpha value is 0. The van der Waals surface area contributed by atoms with Crippen molar-refractivity contribution >= 4 is 0 Å². The van der Waals surface area contributed by atoms with Crippen LogP contribution >= 0.6 is 0 Å². The highest BCUT2D eigenvalue weighted by molar-refractivity contribution is 4.58. The molecule has 2 atom stereocenters. The van der Waals surface area contributed by atoms with E-state index in [0.29, 0.717) is 0 Å². The fraction of sp³-hybridized carbons (Fsp3) is 1.00. The van der Waals surface area contributed by atoms with E-state index in [1.54, 1.807) is 0 Å². The minimum Gasteiger partial charge on any atom is -0.0654 e. The van der Waals surface area contributed by atoms with Crippen LogP contribution in [0, 0.1) is 11.8 Å². The summed E-state index contributed by atoms with van der Waals surface area (Å²) in [5.41, 5.74) is 0. The second kappa shape index (κ2) is 32.2. The Morgan fingerprint density at radius 3 is 0.811 bits per heavy atom. The van der Waals surface area contributed by atoms with Crippen LogP contribution in [-0.4, -0.2) is 0 Å². The third kappa shape index (κ3) is 32.1. The maximum absolute atomic E-state index is 2.48. The van der Waals surface area contributed by atoms with Crippen molar-refractivity contribution in [1.29, 1.82) is 0 Å². The maximum Gasteiger partial charge on any atom is -0.0443 e.